The van der Waals surface area contributed by atoms with Gasteiger partial charge in [-0.1, -0.05) is 31.5 Å². The molecule has 0 heterocycles. The molecule has 0 fully saturated rings. The highest BCUT2D eigenvalue weighted by molar-refractivity contribution is 6.03. The second kappa shape index (κ2) is 6.84. The Morgan fingerprint density at radius 3 is 2.59 bits per heavy atom. The van der Waals surface area contributed by atoms with Gasteiger partial charge in [-0.25, -0.2) is 0 Å². The van der Waals surface area contributed by atoms with Crippen LogP contribution < -0.4 is 5.32 Å². The molecular weight excluding hydrogens is 214 g/mol. The number of carbonyl (C=O) groups excluding carboxylic acids is 2. The molecule has 3 nitrogen and oxygen atoms in total. The van der Waals surface area contributed by atoms with E-state index in [0.717, 1.165) is 30.5 Å². The molecular formula is C14H19NO2. The fraction of sp³-hybridized carbons (Fsp3) is 0.429. The third kappa shape index (κ3) is 4.81. The quantitative estimate of drug-likeness (QED) is 0.768. The summed E-state index contributed by atoms with van der Waals surface area (Å²) in [6.07, 6.45) is 3.12. The molecule has 3 heteroatoms. The fourth-order valence-electron chi connectivity index (χ4n) is 1.65. The lowest BCUT2D eigenvalue weighted by Gasteiger charge is -2.10. The van der Waals surface area contributed by atoms with Crippen LogP contribution in [0.3, 0.4) is 0 Å². The molecule has 1 aromatic carbocycles. The smallest absolute Gasteiger partial charge is 0.231 e. The Labute approximate surface area is 102 Å². The first-order chi connectivity index (χ1) is 8.13. The van der Waals surface area contributed by atoms with Crippen molar-refractivity contribution in [3.05, 3.63) is 29.8 Å². The summed E-state index contributed by atoms with van der Waals surface area (Å²) in [4.78, 5) is 22.4. The Hall–Kier alpha value is -1.64. The molecule has 1 N–H and O–H groups in total. The van der Waals surface area contributed by atoms with Crippen molar-refractivity contribution in [2.24, 2.45) is 0 Å². The summed E-state index contributed by atoms with van der Waals surface area (Å²) >= 11 is 0. The number of Topliss-reactive ketones (excluding diaryl/α,β-unsaturated/α-hetero) is 1. The Morgan fingerprint density at radius 2 is 1.94 bits per heavy atom. The first-order valence-corrected chi connectivity index (χ1v) is 6.00. The summed E-state index contributed by atoms with van der Waals surface area (Å²) in [5.41, 5.74) is 1.96. The normalized spacial score (nSPS) is 10.0. The topological polar surface area (TPSA) is 46.2 Å². The third-order valence-electron chi connectivity index (χ3n) is 2.50. The predicted octanol–water partition coefficient (Wildman–Crippen LogP) is 2.95. The largest absolute Gasteiger partial charge is 0.325 e. The van der Waals surface area contributed by atoms with E-state index in [9.17, 15) is 9.59 Å². The number of hydrogen-bond donors (Lipinski definition) is 1. The molecule has 92 valence electrons. The molecule has 17 heavy (non-hydrogen) atoms. The van der Waals surface area contributed by atoms with Gasteiger partial charge in [0.05, 0.1) is 6.42 Å². The molecule has 0 unspecified atom stereocenters. The van der Waals surface area contributed by atoms with E-state index < -0.39 is 0 Å². The van der Waals surface area contributed by atoms with E-state index in [1.807, 2.05) is 24.3 Å². The van der Waals surface area contributed by atoms with E-state index >= 15 is 0 Å². The highest BCUT2D eigenvalue weighted by Crippen LogP contribution is 2.17. The Kier molecular flexibility index (Phi) is 5.40. The zero-order valence-electron chi connectivity index (χ0n) is 10.5. The van der Waals surface area contributed by atoms with Crippen LogP contribution in [-0.2, 0) is 16.0 Å². The molecule has 1 aromatic rings. The van der Waals surface area contributed by atoms with E-state index in [1.165, 1.54) is 6.92 Å². The number of anilines is 1. The first-order valence-electron chi connectivity index (χ1n) is 6.00. The van der Waals surface area contributed by atoms with Gasteiger partial charge < -0.3 is 5.32 Å². The summed E-state index contributed by atoms with van der Waals surface area (Å²) in [5, 5.41) is 2.79. The maximum absolute atomic E-state index is 11.5. The van der Waals surface area contributed by atoms with E-state index in [1.54, 1.807) is 0 Å². The monoisotopic (exact) mass is 233 g/mol. The van der Waals surface area contributed by atoms with Crippen LogP contribution in [-0.4, -0.2) is 11.7 Å². The fourth-order valence-corrected chi connectivity index (χ4v) is 1.65. The molecule has 0 saturated heterocycles. The van der Waals surface area contributed by atoms with Gasteiger partial charge in [0.15, 0.2) is 0 Å². The molecule has 0 atom stereocenters. The summed E-state index contributed by atoms with van der Waals surface area (Å²) in [7, 11) is 0. The minimum Gasteiger partial charge on any atom is -0.325 e. The maximum atomic E-state index is 11.5. The Morgan fingerprint density at radius 1 is 1.24 bits per heavy atom. The average Bonchev–Trinajstić information content (AvgIpc) is 2.26. The van der Waals surface area contributed by atoms with Crippen molar-refractivity contribution in [3.63, 3.8) is 0 Å². The van der Waals surface area contributed by atoms with Crippen molar-refractivity contribution < 1.29 is 9.59 Å². The van der Waals surface area contributed by atoms with Gasteiger partial charge in [-0.3, -0.25) is 9.59 Å². The van der Waals surface area contributed by atoms with E-state index in [2.05, 4.69) is 12.2 Å². The molecule has 0 bridgehead atoms. The molecule has 1 amide bonds. The molecule has 0 aliphatic rings. The number of aryl methyl sites for hydroxylation is 1. The lowest BCUT2D eigenvalue weighted by Crippen LogP contribution is -2.15. The van der Waals surface area contributed by atoms with Crippen LogP contribution in [0.25, 0.3) is 0 Å². The number of rotatable bonds is 6. The van der Waals surface area contributed by atoms with Crippen molar-refractivity contribution in [1.82, 2.24) is 0 Å². The van der Waals surface area contributed by atoms with Gasteiger partial charge in [0, 0.05) is 5.69 Å². The van der Waals surface area contributed by atoms with Gasteiger partial charge in [-0.15, -0.1) is 0 Å². The predicted molar refractivity (Wildman–Crippen MR) is 69.0 cm³/mol. The van der Waals surface area contributed by atoms with Crippen molar-refractivity contribution in [2.45, 2.75) is 39.5 Å². The van der Waals surface area contributed by atoms with Gasteiger partial charge in [0.25, 0.3) is 0 Å². The minimum atomic E-state index is -0.235. The number of nitrogens with one attached hydrogen (secondary N) is 1. The highest BCUT2D eigenvalue weighted by Gasteiger charge is 2.08. The standard InChI is InChI=1S/C14H19NO2/c1-3-4-7-12-8-5-6-9-13(12)15-14(17)10-11(2)16/h5-6,8-9H,3-4,7,10H2,1-2H3,(H,15,17). The number of amides is 1. The second-order valence-electron chi connectivity index (χ2n) is 4.19. The third-order valence-corrected chi connectivity index (χ3v) is 2.50. The van der Waals surface area contributed by atoms with E-state index in [4.69, 9.17) is 0 Å². The first kappa shape index (κ1) is 13.4. The van der Waals surface area contributed by atoms with E-state index in [0.29, 0.717) is 0 Å². The van der Waals surface area contributed by atoms with Gasteiger partial charge >= 0.3 is 0 Å². The molecule has 0 aliphatic carbocycles. The van der Waals surface area contributed by atoms with Crippen molar-refractivity contribution in [3.8, 4) is 0 Å². The van der Waals surface area contributed by atoms with Crippen LogP contribution in [0.5, 0.6) is 0 Å². The van der Waals surface area contributed by atoms with Gasteiger partial charge in [-0.05, 0) is 31.4 Å². The molecule has 1 rings (SSSR count). The summed E-state index contributed by atoms with van der Waals surface area (Å²) in [6, 6.07) is 7.74. The average molecular weight is 233 g/mol. The minimum absolute atomic E-state index is 0.0535. The van der Waals surface area contributed by atoms with Gasteiger partial charge in [0.2, 0.25) is 5.91 Å². The lowest BCUT2D eigenvalue weighted by molar-refractivity contribution is -0.124. The SMILES string of the molecule is CCCCc1ccccc1NC(=O)CC(C)=O. The maximum Gasteiger partial charge on any atom is 0.231 e. The Bertz CT molecular complexity index is 399. The van der Waals surface area contributed by atoms with Crippen molar-refractivity contribution >= 4 is 17.4 Å². The van der Waals surface area contributed by atoms with Gasteiger partial charge in [0.1, 0.15) is 5.78 Å². The summed E-state index contributed by atoms with van der Waals surface area (Å²) in [5.74, 6) is -0.352. The second-order valence-corrected chi connectivity index (χ2v) is 4.19. The molecule has 0 radical (unpaired) electrons. The zero-order chi connectivity index (χ0) is 12.7. The zero-order valence-corrected chi connectivity index (χ0v) is 10.5. The van der Waals surface area contributed by atoms with Crippen LogP contribution in [0.2, 0.25) is 0 Å². The van der Waals surface area contributed by atoms with Crippen LogP contribution in [0.1, 0.15) is 38.7 Å². The molecule has 0 spiro atoms. The summed E-state index contributed by atoms with van der Waals surface area (Å²) in [6.45, 7) is 3.56. The molecule has 0 aliphatic heterocycles. The van der Waals surface area contributed by atoms with Crippen LogP contribution in [0, 0.1) is 0 Å². The summed E-state index contributed by atoms with van der Waals surface area (Å²) < 4.78 is 0. The van der Waals surface area contributed by atoms with E-state index in [-0.39, 0.29) is 18.1 Å². The van der Waals surface area contributed by atoms with Crippen LogP contribution >= 0.6 is 0 Å². The lowest BCUT2D eigenvalue weighted by atomic mass is 10.1. The number of ketones is 1. The number of benzene rings is 1. The number of para-hydroxylation sites is 1. The molecule has 0 saturated carbocycles. The Balaban J connectivity index is 2.69. The van der Waals surface area contributed by atoms with Crippen LogP contribution in [0.4, 0.5) is 5.69 Å². The van der Waals surface area contributed by atoms with Gasteiger partial charge in [-0.2, -0.15) is 0 Å². The highest BCUT2D eigenvalue weighted by atomic mass is 16.2. The van der Waals surface area contributed by atoms with Crippen LogP contribution in [0.15, 0.2) is 24.3 Å². The van der Waals surface area contributed by atoms with Crippen molar-refractivity contribution in [2.75, 3.05) is 5.32 Å². The number of carbonyl (C=O) groups is 2. The number of hydrogen-bond acceptors (Lipinski definition) is 2. The van der Waals surface area contributed by atoms with Crippen molar-refractivity contribution in [1.29, 1.82) is 0 Å². The molecule has 0 aromatic heterocycles. The number of unbranched alkanes of at least 4 members (excludes halogenated alkanes) is 1.